The highest BCUT2D eigenvalue weighted by Crippen LogP contribution is 2.22. The monoisotopic (exact) mass is 286 g/mol. The molecule has 0 fully saturated rings. The molecular formula is C17H19FN2O. The number of carbonyl (C=O) groups is 1. The first kappa shape index (κ1) is 15.2. The Hall–Kier alpha value is -2.23. The van der Waals surface area contributed by atoms with E-state index in [9.17, 15) is 9.18 Å². The van der Waals surface area contributed by atoms with E-state index in [1.54, 1.807) is 30.5 Å². The molecule has 1 N–H and O–H groups in total. The van der Waals surface area contributed by atoms with E-state index < -0.39 is 0 Å². The van der Waals surface area contributed by atoms with Gasteiger partial charge in [0.05, 0.1) is 11.6 Å². The lowest BCUT2D eigenvalue weighted by Gasteiger charge is -2.23. The standard InChI is InChI=1S/C17H19FN2O/c1-11(2)16(13-6-8-15(18)9-7-13)20-17(21)14-5-4-12(3)19-10-14/h4-11,16H,1-3H3,(H,20,21). The number of nitrogens with zero attached hydrogens (tertiary/aromatic N) is 1. The van der Waals surface area contributed by atoms with Crippen molar-refractivity contribution >= 4 is 5.91 Å². The first-order valence-electron chi connectivity index (χ1n) is 6.96. The summed E-state index contributed by atoms with van der Waals surface area (Å²) < 4.78 is 13.0. The van der Waals surface area contributed by atoms with Crippen LogP contribution in [0.25, 0.3) is 0 Å². The molecule has 0 saturated heterocycles. The Morgan fingerprint density at radius 1 is 1.14 bits per heavy atom. The molecule has 21 heavy (non-hydrogen) atoms. The zero-order valence-corrected chi connectivity index (χ0v) is 12.4. The highest BCUT2D eigenvalue weighted by Gasteiger charge is 2.19. The Bertz CT molecular complexity index is 606. The molecule has 1 aromatic carbocycles. The van der Waals surface area contributed by atoms with Gasteiger partial charge in [0.25, 0.3) is 5.91 Å². The van der Waals surface area contributed by atoms with Gasteiger partial charge in [0.15, 0.2) is 0 Å². The molecule has 1 heterocycles. The van der Waals surface area contributed by atoms with Crippen molar-refractivity contribution < 1.29 is 9.18 Å². The summed E-state index contributed by atoms with van der Waals surface area (Å²) in [6.07, 6.45) is 1.56. The number of rotatable bonds is 4. The average Bonchev–Trinajstić information content (AvgIpc) is 2.46. The number of amides is 1. The fourth-order valence-electron chi connectivity index (χ4n) is 2.13. The van der Waals surface area contributed by atoms with E-state index in [2.05, 4.69) is 10.3 Å². The minimum Gasteiger partial charge on any atom is -0.345 e. The van der Waals surface area contributed by atoms with Crippen LogP contribution in [0.2, 0.25) is 0 Å². The molecule has 1 unspecified atom stereocenters. The first-order valence-corrected chi connectivity index (χ1v) is 6.96. The second-order valence-electron chi connectivity index (χ2n) is 5.43. The van der Waals surface area contributed by atoms with Gasteiger partial charge in [-0.05, 0) is 42.7 Å². The predicted molar refractivity (Wildman–Crippen MR) is 80.4 cm³/mol. The highest BCUT2D eigenvalue weighted by molar-refractivity contribution is 5.94. The van der Waals surface area contributed by atoms with E-state index in [0.29, 0.717) is 5.56 Å². The van der Waals surface area contributed by atoms with Crippen molar-refractivity contribution in [3.05, 3.63) is 65.2 Å². The quantitative estimate of drug-likeness (QED) is 0.932. The number of hydrogen-bond donors (Lipinski definition) is 1. The Labute approximate surface area is 124 Å². The van der Waals surface area contributed by atoms with Crippen molar-refractivity contribution in [2.75, 3.05) is 0 Å². The van der Waals surface area contributed by atoms with Crippen molar-refractivity contribution in [3.8, 4) is 0 Å². The molecule has 1 atom stereocenters. The van der Waals surface area contributed by atoms with Crippen LogP contribution in [0.3, 0.4) is 0 Å². The second-order valence-corrected chi connectivity index (χ2v) is 5.43. The SMILES string of the molecule is Cc1ccc(C(=O)NC(c2ccc(F)cc2)C(C)C)cn1. The third kappa shape index (κ3) is 3.88. The number of nitrogens with one attached hydrogen (secondary N) is 1. The van der Waals surface area contributed by atoms with Gasteiger partial charge in [-0.2, -0.15) is 0 Å². The molecule has 110 valence electrons. The maximum absolute atomic E-state index is 13.0. The number of benzene rings is 1. The van der Waals surface area contributed by atoms with Crippen LogP contribution >= 0.6 is 0 Å². The summed E-state index contributed by atoms with van der Waals surface area (Å²) in [5, 5.41) is 2.99. The molecule has 2 rings (SSSR count). The van der Waals surface area contributed by atoms with Gasteiger partial charge in [0, 0.05) is 11.9 Å². The fraction of sp³-hybridized carbons (Fsp3) is 0.294. The Balaban J connectivity index is 2.18. The molecule has 1 amide bonds. The number of halogens is 1. The van der Waals surface area contributed by atoms with Crippen molar-refractivity contribution in [2.45, 2.75) is 26.8 Å². The maximum atomic E-state index is 13.0. The van der Waals surface area contributed by atoms with Gasteiger partial charge in [0.1, 0.15) is 5.82 Å². The molecule has 2 aromatic rings. The van der Waals surface area contributed by atoms with E-state index in [-0.39, 0.29) is 23.7 Å². The molecular weight excluding hydrogens is 267 g/mol. The van der Waals surface area contributed by atoms with Gasteiger partial charge in [-0.25, -0.2) is 4.39 Å². The topological polar surface area (TPSA) is 42.0 Å². The van der Waals surface area contributed by atoms with Gasteiger partial charge in [-0.15, -0.1) is 0 Å². The van der Waals surface area contributed by atoms with E-state index in [1.807, 2.05) is 20.8 Å². The number of hydrogen-bond acceptors (Lipinski definition) is 2. The van der Waals surface area contributed by atoms with Crippen LogP contribution in [0.15, 0.2) is 42.6 Å². The minimum absolute atomic E-state index is 0.167. The Morgan fingerprint density at radius 2 is 1.81 bits per heavy atom. The van der Waals surface area contributed by atoms with Gasteiger partial charge in [0.2, 0.25) is 0 Å². The normalized spacial score (nSPS) is 12.2. The average molecular weight is 286 g/mol. The highest BCUT2D eigenvalue weighted by atomic mass is 19.1. The Morgan fingerprint density at radius 3 is 2.33 bits per heavy atom. The van der Waals surface area contributed by atoms with Crippen LogP contribution in [0.4, 0.5) is 4.39 Å². The van der Waals surface area contributed by atoms with Crippen molar-refractivity contribution in [1.82, 2.24) is 10.3 Å². The first-order chi connectivity index (χ1) is 9.97. The minimum atomic E-state index is -0.282. The molecule has 1 aromatic heterocycles. The molecule has 4 heteroatoms. The van der Waals surface area contributed by atoms with Crippen LogP contribution in [-0.2, 0) is 0 Å². The fourth-order valence-corrected chi connectivity index (χ4v) is 2.13. The summed E-state index contributed by atoms with van der Waals surface area (Å²) in [6.45, 7) is 5.90. The van der Waals surface area contributed by atoms with Crippen LogP contribution in [0.5, 0.6) is 0 Å². The predicted octanol–water partition coefficient (Wildman–Crippen LogP) is 3.66. The van der Waals surface area contributed by atoms with Crippen molar-refractivity contribution in [2.24, 2.45) is 5.92 Å². The second kappa shape index (κ2) is 6.48. The lowest BCUT2D eigenvalue weighted by Crippen LogP contribution is -2.31. The lowest BCUT2D eigenvalue weighted by atomic mass is 9.95. The zero-order valence-electron chi connectivity index (χ0n) is 12.4. The van der Waals surface area contributed by atoms with E-state index in [1.165, 1.54) is 12.1 Å². The van der Waals surface area contributed by atoms with E-state index in [0.717, 1.165) is 11.3 Å². The number of aromatic nitrogens is 1. The summed E-state index contributed by atoms with van der Waals surface area (Å²) in [4.78, 5) is 16.4. The molecule has 3 nitrogen and oxygen atoms in total. The molecule has 0 spiro atoms. The van der Waals surface area contributed by atoms with Crippen molar-refractivity contribution in [1.29, 1.82) is 0 Å². The zero-order chi connectivity index (χ0) is 15.4. The molecule has 0 aliphatic heterocycles. The van der Waals surface area contributed by atoms with Gasteiger partial charge >= 0.3 is 0 Å². The van der Waals surface area contributed by atoms with Crippen LogP contribution < -0.4 is 5.32 Å². The summed E-state index contributed by atoms with van der Waals surface area (Å²) in [7, 11) is 0. The molecule has 0 saturated carbocycles. The third-order valence-electron chi connectivity index (χ3n) is 3.36. The lowest BCUT2D eigenvalue weighted by molar-refractivity contribution is 0.0925. The van der Waals surface area contributed by atoms with Crippen LogP contribution in [0, 0.1) is 18.7 Å². The maximum Gasteiger partial charge on any atom is 0.253 e. The van der Waals surface area contributed by atoms with Gasteiger partial charge in [-0.3, -0.25) is 9.78 Å². The molecule has 0 radical (unpaired) electrons. The summed E-state index contributed by atoms with van der Waals surface area (Å²) >= 11 is 0. The van der Waals surface area contributed by atoms with Crippen molar-refractivity contribution in [3.63, 3.8) is 0 Å². The summed E-state index contributed by atoms with van der Waals surface area (Å²) in [5.74, 6) is -0.265. The van der Waals surface area contributed by atoms with Crippen LogP contribution in [0.1, 0.15) is 41.5 Å². The summed E-state index contributed by atoms with van der Waals surface area (Å²) in [5.41, 5.74) is 2.28. The number of aryl methyl sites for hydroxylation is 1. The van der Waals surface area contributed by atoms with Gasteiger partial charge < -0.3 is 5.32 Å². The molecule has 0 aliphatic carbocycles. The summed E-state index contributed by atoms with van der Waals surface area (Å²) in [6, 6.07) is 9.60. The molecule has 0 bridgehead atoms. The van der Waals surface area contributed by atoms with Gasteiger partial charge in [-0.1, -0.05) is 26.0 Å². The van der Waals surface area contributed by atoms with Crippen LogP contribution in [-0.4, -0.2) is 10.9 Å². The number of carbonyl (C=O) groups excluding carboxylic acids is 1. The third-order valence-corrected chi connectivity index (χ3v) is 3.36. The smallest absolute Gasteiger partial charge is 0.253 e. The van der Waals surface area contributed by atoms with E-state index in [4.69, 9.17) is 0 Å². The Kier molecular flexibility index (Phi) is 4.68. The van der Waals surface area contributed by atoms with E-state index >= 15 is 0 Å². The molecule has 0 aliphatic rings. The largest absolute Gasteiger partial charge is 0.345 e. The number of pyridine rings is 1.